The zero-order chi connectivity index (χ0) is 26.4. The molecule has 10 heteroatoms. The summed E-state index contributed by atoms with van der Waals surface area (Å²) in [5.41, 5.74) is 2.94. The zero-order valence-corrected chi connectivity index (χ0v) is 23.4. The number of aromatic nitrogens is 3. The Bertz CT molecular complexity index is 1280. The normalized spacial score (nSPS) is 14.8. The largest absolute Gasteiger partial charge is 0.489 e. The number of carbonyl (C=O) groups is 1. The number of ether oxygens (including phenoxy) is 2. The number of halogens is 2. The predicted molar refractivity (Wildman–Crippen MR) is 149 cm³/mol. The maximum absolute atomic E-state index is 13.2. The molecular weight excluding hydrogens is 531 g/mol. The van der Waals surface area contributed by atoms with E-state index in [4.69, 9.17) is 37.8 Å². The van der Waals surface area contributed by atoms with Crippen LogP contribution in [-0.4, -0.2) is 33.1 Å². The van der Waals surface area contributed by atoms with E-state index < -0.39 is 6.04 Å². The smallest absolute Gasteiger partial charge is 0.338 e. The van der Waals surface area contributed by atoms with Crippen molar-refractivity contribution in [1.82, 2.24) is 14.8 Å². The fraction of sp³-hybridized carbons (Fsp3) is 0.370. The number of nitrogens with zero attached hydrogens (tertiary/aromatic N) is 3. The molecule has 4 rings (SSSR count). The number of fused-ring (bicyclic) bond motifs is 1. The van der Waals surface area contributed by atoms with E-state index in [1.54, 1.807) is 28.6 Å². The first-order chi connectivity index (χ1) is 17.9. The van der Waals surface area contributed by atoms with Crippen LogP contribution in [-0.2, 0) is 16.1 Å². The van der Waals surface area contributed by atoms with Gasteiger partial charge in [-0.25, -0.2) is 9.48 Å². The van der Waals surface area contributed by atoms with E-state index in [1.165, 1.54) is 0 Å². The third kappa shape index (κ3) is 6.61. The van der Waals surface area contributed by atoms with Crippen molar-refractivity contribution < 1.29 is 14.3 Å². The van der Waals surface area contributed by atoms with Gasteiger partial charge in [-0.1, -0.05) is 73.4 Å². The maximum Gasteiger partial charge on any atom is 0.338 e. The third-order valence-corrected chi connectivity index (χ3v) is 7.46. The van der Waals surface area contributed by atoms with E-state index in [1.807, 2.05) is 37.3 Å². The molecule has 7 nitrogen and oxygen atoms in total. The average molecular weight is 562 g/mol. The van der Waals surface area contributed by atoms with E-state index in [-0.39, 0.29) is 5.97 Å². The Balaban J connectivity index is 1.60. The molecule has 0 radical (unpaired) electrons. The molecule has 0 saturated carbocycles. The van der Waals surface area contributed by atoms with Gasteiger partial charge in [0, 0.05) is 27.1 Å². The highest BCUT2D eigenvalue weighted by Gasteiger charge is 2.35. The van der Waals surface area contributed by atoms with Gasteiger partial charge in [0.15, 0.2) is 0 Å². The molecule has 1 unspecified atom stereocenters. The van der Waals surface area contributed by atoms with Gasteiger partial charge in [0.25, 0.3) is 0 Å². The van der Waals surface area contributed by atoms with Gasteiger partial charge >= 0.3 is 5.97 Å². The van der Waals surface area contributed by atoms with Crippen molar-refractivity contribution >= 4 is 46.9 Å². The lowest BCUT2D eigenvalue weighted by molar-refractivity contribution is -0.139. The van der Waals surface area contributed by atoms with Crippen molar-refractivity contribution in [2.45, 2.75) is 57.8 Å². The van der Waals surface area contributed by atoms with E-state index in [0.29, 0.717) is 51.4 Å². The fourth-order valence-corrected chi connectivity index (χ4v) is 5.04. The Labute approximate surface area is 231 Å². The number of hydrogen-bond acceptors (Lipinski definition) is 7. The van der Waals surface area contributed by atoms with Crippen LogP contribution in [0.4, 0.5) is 5.95 Å². The predicted octanol–water partition coefficient (Wildman–Crippen LogP) is 7.30. The molecule has 3 aromatic rings. The minimum absolute atomic E-state index is 0.307. The van der Waals surface area contributed by atoms with Gasteiger partial charge in [-0.05, 0) is 49.6 Å². The van der Waals surface area contributed by atoms with E-state index in [9.17, 15) is 4.79 Å². The minimum atomic E-state index is -0.478. The molecule has 2 aromatic carbocycles. The molecule has 196 valence electrons. The van der Waals surface area contributed by atoms with Crippen LogP contribution in [0, 0.1) is 0 Å². The van der Waals surface area contributed by atoms with Gasteiger partial charge in [-0.3, -0.25) is 0 Å². The van der Waals surface area contributed by atoms with E-state index in [2.05, 4.69) is 24.1 Å². The van der Waals surface area contributed by atoms with Crippen LogP contribution in [0.5, 0.6) is 5.75 Å². The number of esters is 1. The van der Waals surface area contributed by atoms with Gasteiger partial charge in [0.2, 0.25) is 11.1 Å². The van der Waals surface area contributed by atoms with Crippen LogP contribution in [0.3, 0.4) is 0 Å². The van der Waals surface area contributed by atoms with Crippen LogP contribution in [0.15, 0.2) is 58.9 Å². The lowest BCUT2D eigenvalue weighted by Gasteiger charge is -2.28. The molecule has 0 fully saturated rings. The number of benzene rings is 2. The summed E-state index contributed by atoms with van der Waals surface area (Å²) in [5.74, 6) is 1.83. The Hall–Kier alpha value is -2.68. The quantitative estimate of drug-likeness (QED) is 0.150. The van der Waals surface area contributed by atoms with Crippen LogP contribution in [0.2, 0.25) is 10.0 Å². The highest BCUT2D eigenvalue weighted by Crippen LogP contribution is 2.37. The van der Waals surface area contributed by atoms with Crippen LogP contribution < -0.4 is 10.1 Å². The molecule has 0 amide bonds. The van der Waals surface area contributed by atoms with Crippen LogP contribution in [0.1, 0.15) is 57.2 Å². The summed E-state index contributed by atoms with van der Waals surface area (Å²) >= 11 is 13.9. The summed E-state index contributed by atoms with van der Waals surface area (Å²) in [7, 11) is 0. The summed E-state index contributed by atoms with van der Waals surface area (Å²) in [4.78, 5) is 17.9. The molecule has 0 aliphatic carbocycles. The monoisotopic (exact) mass is 560 g/mol. The molecule has 1 atom stereocenters. The average Bonchev–Trinajstić information content (AvgIpc) is 3.29. The van der Waals surface area contributed by atoms with Crippen LogP contribution >= 0.6 is 35.0 Å². The van der Waals surface area contributed by atoms with Gasteiger partial charge in [-0.15, -0.1) is 5.10 Å². The zero-order valence-electron chi connectivity index (χ0n) is 21.1. The molecular formula is C27H30Cl2N4O3S. The molecule has 1 N–H and O–H groups in total. The lowest BCUT2D eigenvalue weighted by atomic mass is 9.96. The summed E-state index contributed by atoms with van der Waals surface area (Å²) in [6.07, 6.45) is 2.77. The number of nitrogens with one attached hydrogen (secondary N) is 1. The number of unbranched alkanes of at least 4 members (excludes halogenated alkanes) is 1. The Morgan fingerprint density at radius 2 is 1.92 bits per heavy atom. The van der Waals surface area contributed by atoms with E-state index >= 15 is 0 Å². The lowest BCUT2D eigenvalue weighted by Crippen LogP contribution is -2.29. The fourth-order valence-electron chi connectivity index (χ4n) is 3.89. The highest BCUT2D eigenvalue weighted by atomic mass is 35.5. The van der Waals surface area contributed by atoms with Crippen molar-refractivity contribution in [2.75, 3.05) is 17.7 Å². The third-order valence-electron chi connectivity index (χ3n) is 5.82. The second-order valence-corrected chi connectivity index (χ2v) is 10.6. The maximum atomic E-state index is 13.2. The molecule has 37 heavy (non-hydrogen) atoms. The van der Waals surface area contributed by atoms with Crippen molar-refractivity contribution in [3.63, 3.8) is 0 Å². The number of rotatable bonds is 11. The molecule has 2 heterocycles. The summed E-state index contributed by atoms with van der Waals surface area (Å²) in [5, 5.41) is 9.78. The molecule has 0 spiro atoms. The minimum Gasteiger partial charge on any atom is -0.489 e. The number of thioether (sulfide) groups is 1. The van der Waals surface area contributed by atoms with Crippen molar-refractivity contribution in [3.8, 4) is 5.75 Å². The first-order valence-corrected chi connectivity index (χ1v) is 14.1. The highest BCUT2D eigenvalue weighted by molar-refractivity contribution is 7.99. The van der Waals surface area contributed by atoms with Crippen molar-refractivity contribution in [2.24, 2.45) is 0 Å². The number of anilines is 1. The summed E-state index contributed by atoms with van der Waals surface area (Å²) < 4.78 is 13.3. The SMILES string of the molecule is CCCCOC(=O)C1=C(C)Nc2nc(SCCC)nn2C1c1ccc(OCc2ccc(Cl)cc2Cl)cc1. The number of hydrogen-bond donors (Lipinski definition) is 1. The van der Waals surface area contributed by atoms with Crippen molar-refractivity contribution in [1.29, 1.82) is 0 Å². The second kappa shape index (κ2) is 12.7. The van der Waals surface area contributed by atoms with Crippen LogP contribution in [0.25, 0.3) is 0 Å². The number of carbonyl (C=O) groups excluding carboxylic acids is 1. The Morgan fingerprint density at radius 3 is 2.62 bits per heavy atom. The second-order valence-electron chi connectivity index (χ2n) is 8.66. The first kappa shape index (κ1) is 27.4. The summed E-state index contributed by atoms with van der Waals surface area (Å²) in [6.45, 7) is 6.73. The molecule has 1 aromatic heterocycles. The number of allylic oxidation sites excluding steroid dienone is 1. The molecule has 1 aliphatic heterocycles. The molecule has 0 bridgehead atoms. The standard InChI is InChI=1S/C27H30Cl2N4O3S/c1-4-6-13-35-25(34)23-17(3)30-26-31-27(37-14-5-2)32-33(26)24(23)18-8-11-21(12-9-18)36-16-19-7-10-20(28)15-22(19)29/h7-12,15,24H,4-6,13-14,16H2,1-3H3,(H,30,31,32). The molecule has 1 aliphatic rings. The van der Waals surface area contributed by atoms with Gasteiger partial charge in [-0.2, -0.15) is 4.98 Å². The van der Waals surface area contributed by atoms with Gasteiger partial charge in [0.05, 0.1) is 12.2 Å². The topological polar surface area (TPSA) is 78.3 Å². The Kier molecular flexibility index (Phi) is 9.40. The van der Waals surface area contributed by atoms with Gasteiger partial charge in [0.1, 0.15) is 18.4 Å². The summed E-state index contributed by atoms with van der Waals surface area (Å²) in [6, 6.07) is 12.5. The van der Waals surface area contributed by atoms with Gasteiger partial charge < -0.3 is 14.8 Å². The van der Waals surface area contributed by atoms with E-state index in [0.717, 1.165) is 36.1 Å². The first-order valence-electron chi connectivity index (χ1n) is 12.3. The molecule has 0 saturated heterocycles. The van der Waals surface area contributed by atoms with Crippen molar-refractivity contribution in [3.05, 3.63) is 74.9 Å². The Morgan fingerprint density at radius 1 is 1.14 bits per heavy atom.